The quantitative estimate of drug-likeness (QED) is 0.152. The van der Waals surface area contributed by atoms with E-state index >= 15 is 0 Å². The van der Waals surface area contributed by atoms with Crippen molar-refractivity contribution in [3.8, 4) is 0 Å². The highest BCUT2D eigenvalue weighted by Gasteiger charge is 2.23. The first-order valence-corrected chi connectivity index (χ1v) is 13.8. The summed E-state index contributed by atoms with van der Waals surface area (Å²) in [6.45, 7) is 1.89. The Morgan fingerprint density at radius 2 is 1.39 bits per heavy atom. The molecule has 2 N–H and O–H groups in total. The highest BCUT2D eigenvalue weighted by Crippen LogP contribution is 2.27. The van der Waals surface area contributed by atoms with Crippen molar-refractivity contribution in [2.75, 3.05) is 0 Å². The summed E-state index contributed by atoms with van der Waals surface area (Å²) in [4.78, 5) is 13.1. The molecule has 5 rings (SSSR count). The Hall–Kier alpha value is -4.33. The van der Waals surface area contributed by atoms with Crippen LogP contribution in [0, 0.1) is 6.92 Å². The molecule has 1 amide bonds. The second-order valence-corrected chi connectivity index (χ2v) is 10.8. The third-order valence-electron chi connectivity index (χ3n) is 6.42. The minimum Gasteiger partial charge on any atom is -0.273 e. The number of hydrogen-bond acceptors (Lipinski definition) is 4. The molecule has 0 aliphatic rings. The van der Waals surface area contributed by atoms with Crippen molar-refractivity contribution in [1.29, 1.82) is 0 Å². The van der Waals surface area contributed by atoms with Crippen LogP contribution in [0.2, 0.25) is 0 Å². The number of nitrogens with zero attached hydrogens (tertiary/aromatic N) is 1. The van der Waals surface area contributed by atoms with Gasteiger partial charge in [0, 0.05) is 12.0 Å². The topological polar surface area (TPSA) is 87.6 Å². The van der Waals surface area contributed by atoms with Crippen molar-refractivity contribution < 1.29 is 13.2 Å². The number of fused-ring (bicyclic) bond motifs is 2. The maximum atomic E-state index is 13.1. The minimum atomic E-state index is -3.85. The lowest BCUT2D eigenvalue weighted by Gasteiger charge is -2.18. The standard InChI is InChI=1S/C31H27N3O3S/c1-22-15-17-26(18-16-22)38(36,37)34-30(23-9-3-2-4-10-23)20-31(35)33-32-21-29-27-13-7-5-11-24(27)19-25-12-6-8-14-28(25)29/h2-19,21,30,34H,20H2,1H3,(H,33,35)/b32-21-/t30-/m0/s1. The average Bonchev–Trinajstić information content (AvgIpc) is 2.93. The van der Waals surface area contributed by atoms with E-state index in [0.29, 0.717) is 5.56 Å². The van der Waals surface area contributed by atoms with E-state index in [-0.39, 0.29) is 11.3 Å². The van der Waals surface area contributed by atoms with Crippen LogP contribution in [0.4, 0.5) is 0 Å². The van der Waals surface area contributed by atoms with Gasteiger partial charge in [0.15, 0.2) is 0 Å². The van der Waals surface area contributed by atoms with Gasteiger partial charge in [-0.1, -0.05) is 96.6 Å². The van der Waals surface area contributed by atoms with E-state index in [9.17, 15) is 13.2 Å². The molecule has 5 aromatic rings. The Kier molecular flexibility index (Phi) is 7.31. The maximum absolute atomic E-state index is 13.1. The summed E-state index contributed by atoms with van der Waals surface area (Å²) >= 11 is 0. The van der Waals surface area contributed by atoms with E-state index in [0.717, 1.165) is 32.7 Å². The summed E-state index contributed by atoms with van der Waals surface area (Å²) in [6, 6.07) is 33.0. The van der Waals surface area contributed by atoms with Gasteiger partial charge in [0.05, 0.1) is 17.2 Å². The van der Waals surface area contributed by atoms with Crippen LogP contribution in [-0.4, -0.2) is 20.5 Å². The molecule has 0 heterocycles. The Balaban J connectivity index is 1.38. The Bertz CT molecular complexity index is 1680. The molecule has 190 valence electrons. The number of carbonyl (C=O) groups excluding carboxylic acids is 1. The summed E-state index contributed by atoms with van der Waals surface area (Å²) in [7, 11) is -3.85. The first-order chi connectivity index (χ1) is 18.4. The molecule has 6 nitrogen and oxygen atoms in total. The molecule has 0 aliphatic carbocycles. The van der Waals surface area contributed by atoms with E-state index < -0.39 is 22.0 Å². The maximum Gasteiger partial charge on any atom is 0.242 e. The van der Waals surface area contributed by atoms with Crippen LogP contribution in [0.5, 0.6) is 0 Å². The summed E-state index contributed by atoms with van der Waals surface area (Å²) < 4.78 is 28.9. The van der Waals surface area contributed by atoms with Crippen molar-refractivity contribution in [3.05, 3.63) is 126 Å². The second kappa shape index (κ2) is 11.0. The normalized spacial score (nSPS) is 12.7. The van der Waals surface area contributed by atoms with Gasteiger partial charge in [0.1, 0.15) is 0 Å². The monoisotopic (exact) mass is 521 g/mol. The second-order valence-electron chi connectivity index (χ2n) is 9.13. The van der Waals surface area contributed by atoms with Crippen molar-refractivity contribution in [1.82, 2.24) is 10.1 Å². The Morgan fingerprint density at radius 1 is 0.816 bits per heavy atom. The van der Waals surface area contributed by atoms with Crippen LogP contribution >= 0.6 is 0 Å². The predicted molar refractivity (Wildman–Crippen MR) is 152 cm³/mol. The smallest absolute Gasteiger partial charge is 0.242 e. The molecule has 0 radical (unpaired) electrons. The molecule has 5 aromatic carbocycles. The number of amides is 1. The lowest BCUT2D eigenvalue weighted by Crippen LogP contribution is -2.32. The first-order valence-electron chi connectivity index (χ1n) is 12.3. The predicted octanol–water partition coefficient (Wildman–Crippen LogP) is 5.86. The molecule has 0 spiro atoms. The summed E-state index contributed by atoms with van der Waals surface area (Å²) in [5, 5.41) is 8.46. The zero-order valence-corrected chi connectivity index (χ0v) is 21.7. The van der Waals surface area contributed by atoms with Gasteiger partial charge >= 0.3 is 0 Å². The first kappa shape index (κ1) is 25.3. The van der Waals surface area contributed by atoms with Gasteiger partial charge < -0.3 is 0 Å². The van der Waals surface area contributed by atoms with E-state index in [1.807, 2.05) is 73.7 Å². The number of hydrogen-bond donors (Lipinski definition) is 2. The summed E-state index contributed by atoms with van der Waals surface area (Å²) in [5.41, 5.74) is 5.13. The number of aryl methyl sites for hydroxylation is 1. The lowest BCUT2D eigenvalue weighted by molar-refractivity contribution is -0.121. The molecule has 0 bridgehead atoms. The van der Waals surface area contributed by atoms with Crippen LogP contribution in [-0.2, 0) is 14.8 Å². The molecule has 0 aromatic heterocycles. The Morgan fingerprint density at radius 3 is 2.03 bits per heavy atom. The summed E-state index contributed by atoms with van der Waals surface area (Å²) in [6.07, 6.45) is 1.53. The molecule has 0 fully saturated rings. The van der Waals surface area contributed by atoms with Crippen LogP contribution in [0.3, 0.4) is 0 Å². The molecule has 0 saturated carbocycles. The summed E-state index contributed by atoms with van der Waals surface area (Å²) in [5.74, 6) is -0.411. The fourth-order valence-corrected chi connectivity index (χ4v) is 5.70. The third-order valence-corrected chi connectivity index (χ3v) is 7.90. The number of benzene rings is 5. The molecule has 38 heavy (non-hydrogen) atoms. The van der Waals surface area contributed by atoms with Crippen LogP contribution in [0.1, 0.15) is 29.2 Å². The number of rotatable bonds is 8. The molecule has 0 aliphatic heterocycles. The largest absolute Gasteiger partial charge is 0.273 e. The van der Waals surface area contributed by atoms with Gasteiger partial charge in [-0.25, -0.2) is 18.6 Å². The Labute approximate surface area is 222 Å². The average molecular weight is 522 g/mol. The number of carbonyl (C=O) groups is 1. The van der Waals surface area contributed by atoms with Crippen molar-refractivity contribution in [2.24, 2.45) is 5.10 Å². The third kappa shape index (κ3) is 5.64. The molecule has 7 heteroatoms. The minimum absolute atomic E-state index is 0.122. The SMILES string of the molecule is Cc1ccc(S(=O)(=O)N[C@@H](CC(=O)N/N=C\c2c3ccccc3cc3ccccc23)c2ccccc2)cc1. The fraction of sp³-hybridized carbons (Fsp3) is 0.0968. The number of sulfonamides is 1. The molecule has 0 unspecified atom stereocenters. The highest BCUT2D eigenvalue weighted by molar-refractivity contribution is 7.89. The molecule has 0 saturated heterocycles. The van der Waals surface area contributed by atoms with Crippen LogP contribution in [0.15, 0.2) is 119 Å². The van der Waals surface area contributed by atoms with Gasteiger partial charge in [-0.05, 0) is 52.2 Å². The zero-order chi connectivity index (χ0) is 26.5. The highest BCUT2D eigenvalue weighted by atomic mass is 32.2. The van der Waals surface area contributed by atoms with E-state index in [4.69, 9.17) is 0 Å². The van der Waals surface area contributed by atoms with Crippen molar-refractivity contribution in [3.63, 3.8) is 0 Å². The van der Waals surface area contributed by atoms with E-state index in [1.54, 1.807) is 42.6 Å². The van der Waals surface area contributed by atoms with Crippen LogP contribution in [0.25, 0.3) is 21.5 Å². The van der Waals surface area contributed by atoms with Crippen molar-refractivity contribution in [2.45, 2.75) is 24.3 Å². The van der Waals surface area contributed by atoms with E-state index in [2.05, 4.69) is 21.3 Å². The fourth-order valence-electron chi connectivity index (χ4n) is 4.47. The number of hydrazone groups is 1. The number of nitrogens with one attached hydrogen (secondary N) is 2. The van der Waals surface area contributed by atoms with Crippen LogP contribution < -0.4 is 10.1 Å². The zero-order valence-electron chi connectivity index (χ0n) is 20.8. The van der Waals surface area contributed by atoms with E-state index in [1.165, 1.54) is 0 Å². The molecule has 1 atom stereocenters. The van der Waals surface area contributed by atoms with Gasteiger partial charge in [-0.3, -0.25) is 4.79 Å². The van der Waals surface area contributed by atoms with Crippen molar-refractivity contribution >= 4 is 43.7 Å². The van der Waals surface area contributed by atoms with Gasteiger partial charge in [0.25, 0.3) is 0 Å². The van der Waals surface area contributed by atoms with Gasteiger partial charge in [-0.15, -0.1) is 0 Å². The lowest BCUT2D eigenvalue weighted by atomic mass is 9.97. The molecular formula is C31H27N3O3S. The van der Waals surface area contributed by atoms with Gasteiger partial charge in [0.2, 0.25) is 15.9 Å². The van der Waals surface area contributed by atoms with Gasteiger partial charge in [-0.2, -0.15) is 5.10 Å². The molecular weight excluding hydrogens is 494 g/mol.